The molecule has 1 unspecified atom stereocenters. The summed E-state index contributed by atoms with van der Waals surface area (Å²) in [5.74, 6) is 5.83. The van der Waals surface area contributed by atoms with Gasteiger partial charge in [0, 0.05) is 6.42 Å². The number of benzene rings is 1. The van der Waals surface area contributed by atoms with Crippen LogP contribution in [0.3, 0.4) is 0 Å². The van der Waals surface area contributed by atoms with E-state index in [9.17, 15) is 9.90 Å². The molecular formula is C19H26O3. The molecule has 0 fully saturated rings. The topological polar surface area (TPSA) is 46.5 Å². The van der Waals surface area contributed by atoms with Gasteiger partial charge in [-0.1, -0.05) is 45.2 Å². The van der Waals surface area contributed by atoms with E-state index < -0.39 is 11.4 Å². The third kappa shape index (κ3) is 4.04. The molecule has 0 aliphatic carbocycles. The second kappa shape index (κ2) is 8.48. The normalized spacial score (nSPS) is 13.1. The van der Waals surface area contributed by atoms with Crippen LogP contribution in [-0.4, -0.2) is 17.7 Å². The zero-order valence-electron chi connectivity index (χ0n) is 14.0. The fourth-order valence-corrected chi connectivity index (χ4v) is 2.42. The van der Waals surface area contributed by atoms with Crippen molar-refractivity contribution in [3.63, 3.8) is 0 Å². The molecule has 0 spiro atoms. The number of rotatable bonds is 7. The van der Waals surface area contributed by atoms with Gasteiger partial charge in [0.15, 0.2) is 5.41 Å². The number of carboxylic acid groups (broad SMARTS) is 1. The van der Waals surface area contributed by atoms with Gasteiger partial charge in [0.25, 0.3) is 0 Å². The van der Waals surface area contributed by atoms with Gasteiger partial charge in [0.1, 0.15) is 5.75 Å². The Labute approximate surface area is 133 Å². The molecule has 1 rings (SSSR count). The van der Waals surface area contributed by atoms with E-state index in [2.05, 4.69) is 18.8 Å². The van der Waals surface area contributed by atoms with Crippen LogP contribution < -0.4 is 4.74 Å². The number of unbranched alkanes of at least 4 members (excludes halogenated alkanes) is 2. The van der Waals surface area contributed by atoms with Crippen LogP contribution in [0.2, 0.25) is 0 Å². The molecule has 0 aliphatic rings. The lowest BCUT2D eigenvalue weighted by atomic mass is 9.72. The molecule has 3 heteroatoms. The first-order chi connectivity index (χ1) is 10.5. The Balaban J connectivity index is 3.23. The quantitative estimate of drug-likeness (QED) is 0.605. The SMILES string of the molecule is CCCCC#CC(C(=O)O)(c1ccc(OCC)cc1)C(C)C. The highest BCUT2D eigenvalue weighted by Crippen LogP contribution is 2.33. The molecule has 120 valence electrons. The van der Waals surface area contributed by atoms with Crippen molar-refractivity contribution in [1.82, 2.24) is 0 Å². The Hall–Kier alpha value is -1.95. The molecule has 3 nitrogen and oxygen atoms in total. The summed E-state index contributed by atoms with van der Waals surface area (Å²) in [5.41, 5.74) is -0.458. The van der Waals surface area contributed by atoms with Crippen molar-refractivity contribution in [3.8, 4) is 17.6 Å². The number of hydrogen-bond donors (Lipinski definition) is 1. The van der Waals surface area contributed by atoms with E-state index in [0.717, 1.165) is 25.0 Å². The number of ether oxygens (including phenoxy) is 1. The van der Waals surface area contributed by atoms with E-state index in [0.29, 0.717) is 12.2 Å². The maximum atomic E-state index is 12.0. The van der Waals surface area contributed by atoms with Crippen molar-refractivity contribution in [2.45, 2.75) is 52.4 Å². The summed E-state index contributed by atoms with van der Waals surface area (Å²) < 4.78 is 5.42. The molecule has 1 aromatic carbocycles. The third-order valence-corrected chi connectivity index (χ3v) is 3.76. The minimum Gasteiger partial charge on any atom is -0.494 e. The predicted octanol–water partition coefficient (Wildman–Crippen LogP) is 4.26. The molecule has 1 N–H and O–H groups in total. The smallest absolute Gasteiger partial charge is 0.326 e. The fourth-order valence-electron chi connectivity index (χ4n) is 2.42. The van der Waals surface area contributed by atoms with Crippen LogP contribution in [0.4, 0.5) is 0 Å². The van der Waals surface area contributed by atoms with Gasteiger partial charge in [-0.25, -0.2) is 0 Å². The molecule has 0 bridgehead atoms. The molecule has 0 aliphatic heterocycles. The zero-order valence-corrected chi connectivity index (χ0v) is 14.0. The van der Waals surface area contributed by atoms with E-state index in [1.165, 1.54) is 0 Å². The molecule has 22 heavy (non-hydrogen) atoms. The van der Waals surface area contributed by atoms with Crippen molar-refractivity contribution in [2.24, 2.45) is 5.92 Å². The summed E-state index contributed by atoms with van der Waals surface area (Å²) in [6, 6.07) is 7.25. The van der Waals surface area contributed by atoms with E-state index >= 15 is 0 Å². The summed E-state index contributed by atoms with van der Waals surface area (Å²) in [5, 5.41) is 9.84. The molecule has 0 saturated carbocycles. The molecule has 0 heterocycles. The fraction of sp³-hybridized carbons (Fsp3) is 0.526. The van der Waals surface area contributed by atoms with E-state index in [-0.39, 0.29) is 5.92 Å². The molecule has 0 radical (unpaired) electrons. The van der Waals surface area contributed by atoms with Gasteiger partial charge in [-0.05, 0) is 37.0 Å². The van der Waals surface area contributed by atoms with Gasteiger partial charge in [0.2, 0.25) is 0 Å². The molecule has 1 atom stereocenters. The maximum absolute atomic E-state index is 12.0. The van der Waals surface area contributed by atoms with Crippen molar-refractivity contribution in [3.05, 3.63) is 29.8 Å². The first-order valence-electron chi connectivity index (χ1n) is 7.95. The van der Waals surface area contributed by atoms with Crippen LogP contribution in [0.1, 0.15) is 52.5 Å². The van der Waals surface area contributed by atoms with E-state index in [4.69, 9.17) is 4.74 Å². The molecule has 1 aromatic rings. The standard InChI is InChI=1S/C19H26O3/c1-5-7-8-9-14-19(15(3)4,18(20)21)16-10-12-17(13-11-16)22-6-2/h10-13,15H,5-8H2,1-4H3,(H,20,21). The van der Waals surface area contributed by atoms with Gasteiger partial charge in [-0.15, -0.1) is 5.92 Å². The maximum Gasteiger partial charge on any atom is 0.326 e. The highest BCUT2D eigenvalue weighted by Gasteiger charge is 2.42. The van der Waals surface area contributed by atoms with Crippen LogP contribution in [0.5, 0.6) is 5.75 Å². The summed E-state index contributed by atoms with van der Waals surface area (Å²) in [6.45, 7) is 8.41. The van der Waals surface area contributed by atoms with Crippen molar-refractivity contribution in [2.75, 3.05) is 6.61 Å². The molecular weight excluding hydrogens is 276 g/mol. The van der Waals surface area contributed by atoms with Crippen molar-refractivity contribution < 1.29 is 14.6 Å². The van der Waals surface area contributed by atoms with Crippen LogP contribution >= 0.6 is 0 Å². The lowest BCUT2D eigenvalue weighted by Gasteiger charge is -2.28. The van der Waals surface area contributed by atoms with Gasteiger partial charge >= 0.3 is 5.97 Å². The Morgan fingerprint density at radius 2 is 1.91 bits per heavy atom. The van der Waals surface area contributed by atoms with Crippen LogP contribution in [0.15, 0.2) is 24.3 Å². The van der Waals surface area contributed by atoms with Crippen LogP contribution in [0, 0.1) is 17.8 Å². The zero-order chi connectivity index (χ0) is 16.6. The van der Waals surface area contributed by atoms with Crippen molar-refractivity contribution in [1.29, 1.82) is 0 Å². The Morgan fingerprint density at radius 3 is 2.36 bits per heavy atom. The summed E-state index contributed by atoms with van der Waals surface area (Å²) in [6.07, 6.45) is 2.78. The minimum atomic E-state index is -1.17. The minimum absolute atomic E-state index is 0.128. The number of carboxylic acids is 1. The highest BCUT2D eigenvalue weighted by atomic mass is 16.5. The molecule has 0 amide bonds. The summed E-state index contributed by atoms with van der Waals surface area (Å²) >= 11 is 0. The summed E-state index contributed by atoms with van der Waals surface area (Å²) in [7, 11) is 0. The van der Waals surface area contributed by atoms with Gasteiger partial charge in [-0.3, -0.25) is 4.79 Å². The average molecular weight is 302 g/mol. The van der Waals surface area contributed by atoms with Crippen LogP contribution in [0.25, 0.3) is 0 Å². The lowest BCUT2D eigenvalue weighted by Crippen LogP contribution is -2.39. The first kappa shape index (κ1) is 18.1. The summed E-state index contributed by atoms with van der Waals surface area (Å²) in [4.78, 5) is 12.0. The number of hydrogen-bond acceptors (Lipinski definition) is 2. The number of aliphatic carboxylic acids is 1. The molecule has 0 saturated heterocycles. The Morgan fingerprint density at radius 1 is 1.27 bits per heavy atom. The molecule has 0 aromatic heterocycles. The third-order valence-electron chi connectivity index (χ3n) is 3.76. The van der Waals surface area contributed by atoms with Gasteiger partial charge < -0.3 is 9.84 Å². The lowest BCUT2D eigenvalue weighted by molar-refractivity contribution is -0.143. The van der Waals surface area contributed by atoms with Crippen molar-refractivity contribution >= 4 is 5.97 Å². The number of carbonyl (C=O) groups is 1. The monoisotopic (exact) mass is 302 g/mol. The van der Waals surface area contributed by atoms with E-state index in [1.807, 2.05) is 45.0 Å². The largest absolute Gasteiger partial charge is 0.494 e. The van der Waals surface area contributed by atoms with E-state index in [1.54, 1.807) is 0 Å². The van der Waals surface area contributed by atoms with Gasteiger partial charge in [-0.2, -0.15) is 0 Å². The second-order valence-electron chi connectivity index (χ2n) is 5.63. The highest BCUT2D eigenvalue weighted by molar-refractivity contribution is 5.86. The van der Waals surface area contributed by atoms with Gasteiger partial charge in [0.05, 0.1) is 6.61 Å². The average Bonchev–Trinajstić information content (AvgIpc) is 2.48. The Bertz CT molecular complexity index is 534. The van der Waals surface area contributed by atoms with Crippen LogP contribution in [-0.2, 0) is 10.2 Å². The first-order valence-corrected chi connectivity index (χ1v) is 7.95. The Kier molecular flexibility index (Phi) is 6.98. The second-order valence-corrected chi connectivity index (χ2v) is 5.63. The predicted molar refractivity (Wildman–Crippen MR) is 89.1 cm³/mol.